The van der Waals surface area contributed by atoms with Crippen molar-refractivity contribution < 1.29 is 17.9 Å². The molecule has 0 heterocycles. The summed E-state index contributed by atoms with van der Waals surface area (Å²) in [4.78, 5) is 12.8. The van der Waals surface area contributed by atoms with Gasteiger partial charge in [-0.2, -0.15) is 0 Å². The van der Waals surface area contributed by atoms with Crippen molar-refractivity contribution in [2.45, 2.75) is 26.8 Å². The molecule has 0 unspecified atom stereocenters. The highest BCUT2D eigenvalue weighted by molar-refractivity contribution is 7.92. The molecule has 0 aromatic heterocycles. The van der Waals surface area contributed by atoms with E-state index in [0.29, 0.717) is 17.1 Å². The number of carbonyl (C=O) groups excluding carboxylic acids is 1. The van der Waals surface area contributed by atoms with Gasteiger partial charge in [0.05, 0.1) is 24.7 Å². The van der Waals surface area contributed by atoms with Crippen LogP contribution in [0.15, 0.2) is 42.5 Å². The zero-order chi connectivity index (χ0) is 19.5. The second-order valence-electron chi connectivity index (χ2n) is 6.21. The van der Waals surface area contributed by atoms with E-state index in [1.54, 1.807) is 37.3 Å². The Morgan fingerprint density at radius 3 is 2.42 bits per heavy atom. The maximum atomic E-state index is 12.8. The largest absolute Gasteiger partial charge is 0.495 e. The third-order valence-electron chi connectivity index (χ3n) is 4.06. The molecule has 0 spiro atoms. The summed E-state index contributed by atoms with van der Waals surface area (Å²) in [7, 11) is -2.16. The third kappa shape index (κ3) is 4.35. The van der Waals surface area contributed by atoms with Gasteiger partial charge in [-0.15, -0.1) is 0 Å². The first-order valence-electron chi connectivity index (χ1n) is 8.15. The van der Waals surface area contributed by atoms with Crippen LogP contribution in [0.4, 0.5) is 11.4 Å². The van der Waals surface area contributed by atoms with Gasteiger partial charge >= 0.3 is 0 Å². The van der Waals surface area contributed by atoms with Gasteiger partial charge in [0.25, 0.3) is 0 Å². The average Bonchev–Trinajstić information content (AvgIpc) is 2.57. The number of sulfonamides is 1. The number of anilines is 2. The number of aryl methyl sites for hydroxylation is 2. The Morgan fingerprint density at radius 1 is 1.15 bits per heavy atom. The zero-order valence-electron chi connectivity index (χ0n) is 15.6. The number of nitrogens with one attached hydrogen (secondary N) is 1. The number of amides is 1. The van der Waals surface area contributed by atoms with Crippen molar-refractivity contribution in [1.82, 2.24) is 0 Å². The van der Waals surface area contributed by atoms with Crippen LogP contribution in [0.2, 0.25) is 0 Å². The van der Waals surface area contributed by atoms with Crippen LogP contribution in [0.5, 0.6) is 5.75 Å². The van der Waals surface area contributed by atoms with Gasteiger partial charge in [-0.3, -0.25) is 9.10 Å². The normalized spacial score (nSPS) is 12.3. The van der Waals surface area contributed by atoms with E-state index < -0.39 is 22.0 Å². The van der Waals surface area contributed by atoms with Crippen LogP contribution in [0, 0.1) is 13.8 Å². The first-order valence-corrected chi connectivity index (χ1v) is 10.0. The van der Waals surface area contributed by atoms with Gasteiger partial charge in [-0.05, 0) is 50.1 Å². The van der Waals surface area contributed by atoms with Gasteiger partial charge in [0, 0.05) is 0 Å². The molecule has 0 aliphatic rings. The topological polar surface area (TPSA) is 75.7 Å². The number of para-hydroxylation sites is 2. The predicted molar refractivity (Wildman–Crippen MR) is 104 cm³/mol. The van der Waals surface area contributed by atoms with E-state index in [-0.39, 0.29) is 0 Å². The Hall–Kier alpha value is -2.54. The van der Waals surface area contributed by atoms with E-state index in [4.69, 9.17) is 4.74 Å². The quantitative estimate of drug-likeness (QED) is 0.840. The Bertz CT molecular complexity index is 910. The second kappa shape index (κ2) is 7.78. The van der Waals surface area contributed by atoms with Crippen molar-refractivity contribution in [2.75, 3.05) is 23.0 Å². The summed E-state index contributed by atoms with van der Waals surface area (Å²) in [5, 5.41) is 2.75. The molecule has 0 fully saturated rings. The zero-order valence-corrected chi connectivity index (χ0v) is 16.4. The summed E-state index contributed by atoms with van der Waals surface area (Å²) >= 11 is 0. The fraction of sp³-hybridized carbons (Fsp3) is 0.316. The molecular formula is C19H24N2O4S. The van der Waals surface area contributed by atoms with Crippen molar-refractivity contribution in [3.63, 3.8) is 0 Å². The number of methoxy groups -OCH3 is 1. The van der Waals surface area contributed by atoms with E-state index in [2.05, 4.69) is 5.32 Å². The Labute approximate surface area is 154 Å². The minimum absolute atomic E-state index is 0.444. The number of rotatable bonds is 6. The van der Waals surface area contributed by atoms with Gasteiger partial charge in [0.15, 0.2) is 0 Å². The summed E-state index contributed by atoms with van der Waals surface area (Å²) in [5.74, 6) is 0.0616. The van der Waals surface area contributed by atoms with E-state index in [9.17, 15) is 13.2 Å². The lowest BCUT2D eigenvalue weighted by Gasteiger charge is -2.30. The molecule has 1 atom stereocenters. The monoisotopic (exact) mass is 376 g/mol. The SMILES string of the molecule is COc1ccccc1NC(=O)[C@H](C)N(c1cc(C)ccc1C)S(C)(=O)=O. The van der Waals surface area contributed by atoms with Crippen molar-refractivity contribution in [3.05, 3.63) is 53.6 Å². The molecule has 2 aromatic rings. The van der Waals surface area contributed by atoms with Gasteiger partial charge in [-0.1, -0.05) is 24.3 Å². The maximum absolute atomic E-state index is 12.8. The molecule has 1 amide bonds. The van der Waals surface area contributed by atoms with E-state index >= 15 is 0 Å². The van der Waals surface area contributed by atoms with Crippen LogP contribution < -0.4 is 14.4 Å². The van der Waals surface area contributed by atoms with Crippen LogP contribution in [0.25, 0.3) is 0 Å². The molecule has 0 radical (unpaired) electrons. The highest BCUT2D eigenvalue weighted by Crippen LogP contribution is 2.28. The number of hydrogen-bond donors (Lipinski definition) is 1. The number of carbonyl (C=O) groups is 1. The standard InChI is InChI=1S/C19H24N2O4S/c1-13-10-11-14(2)17(12-13)21(26(5,23)24)15(3)19(22)20-16-8-6-7-9-18(16)25-4/h6-12,15H,1-5H3,(H,20,22)/t15-/m0/s1. The minimum Gasteiger partial charge on any atom is -0.495 e. The molecule has 6 nitrogen and oxygen atoms in total. The fourth-order valence-corrected chi connectivity index (χ4v) is 3.95. The van der Waals surface area contributed by atoms with Crippen molar-refractivity contribution in [2.24, 2.45) is 0 Å². The molecule has 7 heteroatoms. The van der Waals surface area contributed by atoms with Gasteiger partial charge in [0.2, 0.25) is 15.9 Å². The van der Waals surface area contributed by atoms with E-state index in [1.165, 1.54) is 7.11 Å². The van der Waals surface area contributed by atoms with E-state index in [1.807, 2.05) is 26.0 Å². The summed E-state index contributed by atoms with van der Waals surface area (Å²) in [6, 6.07) is 11.6. The molecule has 2 aromatic carbocycles. The maximum Gasteiger partial charge on any atom is 0.248 e. The number of hydrogen-bond acceptors (Lipinski definition) is 4. The van der Waals surface area contributed by atoms with Crippen LogP contribution >= 0.6 is 0 Å². The number of nitrogens with zero attached hydrogens (tertiary/aromatic N) is 1. The Balaban J connectivity index is 2.40. The summed E-state index contributed by atoms with van der Waals surface area (Å²) in [5.41, 5.74) is 2.67. The first kappa shape index (κ1) is 19.8. The summed E-state index contributed by atoms with van der Waals surface area (Å²) in [6.07, 6.45) is 1.10. The van der Waals surface area contributed by atoms with Crippen LogP contribution in [-0.2, 0) is 14.8 Å². The Kier molecular flexibility index (Phi) is 5.92. The van der Waals surface area contributed by atoms with Gasteiger partial charge < -0.3 is 10.1 Å². The summed E-state index contributed by atoms with van der Waals surface area (Å²) in [6.45, 7) is 5.26. The number of ether oxygens (including phenoxy) is 1. The predicted octanol–water partition coefficient (Wildman–Crippen LogP) is 3.11. The fourth-order valence-electron chi connectivity index (χ4n) is 2.72. The smallest absolute Gasteiger partial charge is 0.248 e. The van der Waals surface area contributed by atoms with Crippen LogP contribution in [-0.4, -0.2) is 33.7 Å². The first-order chi connectivity index (χ1) is 12.1. The molecule has 2 rings (SSSR count). The Morgan fingerprint density at radius 2 is 1.81 bits per heavy atom. The molecule has 140 valence electrons. The molecule has 1 N–H and O–H groups in total. The molecule has 0 saturated heterocycles. The highest BCUT2D eigenvalue weighted by atomic mass is 32.2. The van der Waals surface area contributed by atoms with E-state index in [0.717, 1.165) is 21.7 Å². The molecule has 0 aliphatic carbocycles. The molecule has 0 bridgehead atoms. The van der Waals surface area contributed by atoms with Crippen molar-refractivity contribution >= 4 is 27.3 Å². The molecule has 0 aliphatic heterocycles. The lowest BCUT2D eigenvalue weighted by atomic mass is 10.1. The third-order valence-corrected chi connectivity index (χ3v) is 5.28. The summed E-state index contributed by atoms with van der Waals surface area (Å²) < 4.78 is 31.3. The highest BCUT2D eigenvalue weighted by Gasteiger charge is 2.30. The van der Waals surface area contributed by atoms with Crippen LogP contribution in [0.3, 0.4) is 0 Å². The van der Waals surface area contributed by atoms with Crippen LogP contribution in [0.1, 0.15) is 18.1 Å². The molecular weight excluding hydrogens is 352 g/mol. The lowest BCUT2D eigenvalue weighted by molar-refractivity contribution is -0.116. The van der Waals surface area contributed by atoms with Crippen molar-refractivity contribution in [3.8, 4) is 5.75 Å². The average molecular weight is 376 g/mol. The molecule has 26 heavy (non-hydrogen) atoms. The second-order valence-corrected chi connectivity index (χ2v) is 8.07. The minimum atomic E-state index is -3.67. The van der Waals surface area contributed by atoms with Crippen molar-refractivity contribution in [1.29, 1.82) is 0 Å². The lowest BCUT2D eigenvalue weighted by Crippen LogP contribution is -2.45. The van der Waals surface area contributed by atoms with Gasteiger partial charge in [-0.25, -0.2) is 8.42 Å². The number of benzene rings is 2. The molecule has 0 saturated carbocycles. The van der Waals surface area contributed by atoms with Gasteiger partial charge in [0.1, 0.15) is 11.8 Å².